The Hall–Kier alpha value is -0.610. The van der Waals surface area contributed by atoms with E-state index in [1.807, 2.05) is 0 Å². The Morgan fingerprint density at radius 1 is 1.39 bits per heavy atom. The second-order valence-electron chi connectivity index (χ2n) is 5.62. The number of hydrogen-bond donors (Lipinski definition) is 1. The van der Waals surface area contributed by atoms with Gasteiger partial charge in [-0.05, 0) is 48.8 Å². The molecule has 1 aromatic rings. The average molecular weight is 318 g/mol. The van der Waals surface area contributed by atoms with Crippen molar-refractivity contribution in [3.05, 3.63) is 28.5 Å². The number of nitrogens with one attached hydrogen (secondary N) is 1. The highest BCUT2D eigenvalue weighted by Gasteiger charge is 2.12. The summed E-state index contributed by atoms with van der Waals surface area (Å²) in [4.78, 5) is 0. The van der Waals surface area contributed by atoms with Crippen LogP contribution in [-0.2, 0) is 0 Å². The first-order valence-corrected chi connectivity index (χ1v) is 6.90. The lowest BCUT2D eigenvalue weighted by atomic mass is 10.1. The van der Waals surface area contributed by atoms with Crippen LogP contribution in [0, 0.1) is 11.7 Å². The zero-order chi connectivity index (χ0) is 13.8. The van der Waals surface area contributed by atoms with Crippen molar-refractivity contribution in [2.24, 2.45) is 5.92 Å². The van der Waals surface area contributed by atoms with E-state index in [0.717, 1.165) is 11.0 Å². The van der Waals surface area contributed by atoms with E-state index < -0.39 is 0 Å². The van der Waals surface area contributed by atoms with Gasteiger partial charge >= 0.3 is 0 Å². The third-order valence-electron chi connectivity index (χ3n) is 2.40. The molecule has 0 fully saturated rings. The maximum absolute atomic E-state index is 13.1. The van der Waals surface area contributed by atoms with E-state index in [2.05, 4.69) is 48.9 Å². The summed E-state index contributed by atoms with van der Waals surface area (Å²) in [6, 6.07) is 4.46. The van der Waals surface area contributed by atoms with Gasteiger partial charge < -0.3 is 10.1 Å². The molecule has 18 heavy (non-hydrogen) atoms. The maximum atomic E-state index is 13.1. The second-order valence-corrected chi connectivity index (χ2v) is 6.48. The Labute approximate surface area is 117 Å². The van der Waals surface area contributed by atoms with Gasteiger partial charge in [-0.1, -0.05) is 6.92 Å². The van der Waals surface area contributed by atoms with Crippen LogP contribution in [0.3, 0.4) is 0 Å². The van der Waals surface area contributed by atoms with Gasteiger partial charge in [0.25, 0.3) is 0 Å². The van der Waals surface area contributed by atoms with Crippen molar-refractivity contribution >= 4 is 15.9 Å². The van der Waals surface area contributed by atoms with E-state index in [4.69, 9.17) is 4.74 Å². The molecule has 4 heteroatoms. The standard InChI is InChI=1S/C14H21BrFNO/c1-10(8-17-14(2,3)4)9-18-13-7-11(16)5-6-12(13)15/h5-7,10,17H,8-9H2,1-4H3. The molecule has 0 bridgehead atoms. The number of benzene rings is 1. The Bertz CT molecular complexity index is 390. The van der Waals surface area contributed by atoms with Crippen LogP contribution in [0.15, 0.2) is 22.7 Å². The van der Waals surface area contributed by atoms with Gasteiger partial charge in [-0.15, -0.1) is 0 Å². The molecule has 102 valence electrons. The van der Waals surface area contributed by atoms with Gasteiger partial charge in [0.2, 0.25) is 0 Å². The Morgan fingerprint density at radius 3 is 2.67 bits per heavy atom. The summed E-state index contributed by atoms with van der Waals surface area (Å²) in [6.45, 7) is 9.92. The van der Waals surface area contributed by atoms with Crippen molar-refractivity contribution in [3.63, 3.8) is 0 Å². The van der Waals surface area contributed by atoms with Gasteiger partial charge in [0.15, 0.2) is 0 Å². The predicted molar refractivity (Wildman–Crippen MR) is 76.5 cm³/mol. The van der Waals surface area contributed by atoms with Crippen molar-refractivity contribution in [1.82, 2.24) is 5.32 Å². The Kier molecular flexibility index (Phi) is 5.60. The molecule has 0 aliphatic carbocycles. The maximum Gasteiger partial charge on any atom is 0.136 e. The van der Waals surface area contributed by atoms with Crippen LogP contribution in [0.25, 0.3) is 0 Å². The molecule has 0 aromatic heterocycles. The summed E-state index contributed by atoms with van der Waals surface area (Å²) in [5.74, 6) is 0.630. The molecule has 0 saturated carbocycles. The molecule has 0 aliphatic rings. The second kappa shape index (κ2) is 6.53. The molecular formula is C14H21BrFNO. The minimum Gasteiger partial charge on any atom is -0.492 e. The van der Waals surface area contributed by atoms with E-state index in [9.17, 15) is 4.39 Å². The first kappa shape index (κ1) is 15.4. The normalized spacial score (nSPS) is 13.4. The topological polar surface area (TPSA) is 21.3 Å². The van der Waals surface area contributed by atoms with Crippen molar-refractivity contribution in [3.8, 4) is 5.75 Å². The zero-order valence-electron chi connectivity index (χ0n) is 11.4. The summed E-state index contributed by atoms with van der Waals surface area (Å²) in [6.07, 6.45) is 0. The average Bonchev–Trinajstić information content (AvgIpc) is 2.26. The summed E-state index contributed by atoms with van der Waals surface area (Å²) in [5.41, 5.74) is 0.105. The Morgan fingerprint density at radius 2 is 2.06 bits per heavy atom. The van der Waals surface area contributed by atoms with Gasteiger partial charge in [0.05, 0.1) is 11.1 Å². The Balaban J connectivity index is 2.42. The van der Waals surface area contributed by atoms with Gasteiger partial charge in [0.1, 0.15) is 11.6 Å². The minimum absolute atomic E-state index is 0.105. The molecule has 0 amide bonds. The van der Waals surface area contributed by atoms with E-state index >= 15 is 0 Å². The lowest BCUT2D eigenvalue weighted by Crippen LogP contribution is -2.39. The van der Waals surface area contributed by atoms with Crippen LogP contribution < -0.4 is 10.1 Å². The number of ether oxygens (including phenoxy) is 1. The fourth-order valence-electron chi connectivity index (χ4n) is 1.36. The van der Waals surface area contributed by atoms with Crippen LogP contribution in [0.5, 0.6) is 5.75 Å². The van der Waals surface area contributed by atoms with Crippen LogP contribution in [0.1, 0.15) is 27.7 Å². The SMILES string of the molecule is CC(CNC(C)(C)C)COc1cc(F)ccc1Br. The number of halogens is 2. The highest BCUT2D eigenvalue weighted by atomic mass is 79.9. The highest BCUT2D eigenvalue weighted by molar-refractivity contribution is 9.10. The van der Waals surface area contributed by atoms with Gasteiger partial charge in [-0.25, -0.2) is 4.39 Å². The smallest absolute Gasteiger partial charge is 0.136 e. The lowest BCUT2D eigenvalue weighted by molar-refractivity contribution is 0.242. The van der Waals surface area contributed by atoms with E-state index in [1.54, 1.807) is 6.07 Å². The molecule has 1 N–H and O–H groups in total. The zero-order valence-corrected chi connectivity index (χ0v) is 13.0. The first-order valence-electron chi connectivity index (χ1n) is 6.11. The van der Waals surface area contributed by atoms with E-state index in [1.165, 1.54) is 12.1 Å². The molecule has 1 unspecified atom stereocenters. The molecule has 0 radical (unpaired) electrons. The molecule has 1 atom stereocenters. The van der Waals surface area contributed by atoms with Crippen molar-refractivity contribution in [1.29, 1.82) is 0 Å². The van der Waals surface area contributed by atoms with Crippen LogP contribution in [0.4, 0.5) is 4.39 Å². The van der Waals surface area contributed by atoms with E-state index in [-0.39, 0.29) is 11.4 Å². The molecular weight excluding hydrogens is 297 g/mol. The van der Waals surface area contributed by atoms with Gasteiger partial charge in [-0.3, -0.25) is 0 Å². The van der Waals surface area contributed by atoms with Crippen LogP contribution >= 0.6 is 15.9 Å². The molecule has 1 aromatic carbocycles. The molecule has 0 aliphatic heterocycles. The summed E-state index contributed by atoms with van der Waals surface area (Å²) in [7, 11) is 0. The fourth-order valence-corrected chi connectivity index (χ4v) is 1.72. The third kappa shape index (κ3) is 5.83. The highest BCUT2D eigenvalue weighted by Crippen LogP contribution is 2.25. The first-order chi connectivity index (χ1) is 8.28. The summed E-state index contributed by atoms with van der Waals surface area (Å²) >= 11 is 3.34. The molecule has 0 saturated heterocycles. The van der Waals surface area contributed by atoms with Gasteiger partial charge in [0, 0.05) is 24.1 Å². The van der Waals surface area contributed by atoms with Crippen molar-refractivity contribution < 1.29 is 9.13 Å². The molecule has 2 nitrogen and oxygen atoms in total. The van der Waals surface area contributed by atoms with Crippen LogP contribution in [0.2, 0.25) is 0 Å². The lowest BCUT2D eigenvalue weighted by Gasteiger charge is -2.23. The quantitative estimate of drug-likeness (QED) is 0.886. The largest absolute Gasteiger partial charge is 0.492 e. The number of rotatable bonds is 5. The molecule has 0 heterocycles. The fraction of sp³-hybridized carbons (Fsp3) is 0.571. The third-order valence-corrected chi connectivity index (χ3v) is 3.05. The molecule has 1 rings (SSSR count). The summed E-state index contributed by atoms with van der Waals surface area (Å²) in [5, 5.41) is 3.42. The van der Waals surface area contributed by atoms with Gasteiger partial charge in [-0.2, -0.15) is 0 Å². The number of hydrogen-bond acceptors (Lipinski definition) is 2. The minimum atomic E-state index is -0.284. The van der Waals surface area contributed by atoms with E-state index in [0.29, 0.717) is 18.3 Å². The molecule has 0 spiro atoms. The monoisotopic (exact) mass is 317 g/mol. The summed E-state index contributed by atoms with van der Waals surface area (Å²) < 4.78 is 19.5. The van der Waals surface area contributed by atoms with Crippen molar-refractivity contribution in [2.75, 3.05) is 13.2 Å². The van der Waals surface area contributed by atoms with Crippen LogP contribution in [-0.4, -0.2) is 18.7 Å². The van der Waals surface area contributed by atoms with Crippen molar-refractivity contribution in [2.45, 2.75) is 33.2 Å². The predicted octanol–water partition coefficient (Wildman–Crippen LogP) is 3.99.